The van der Waals surface area contributed by atoms with Crippen molar-refractivity contribution in [2.45, 2.75) is 17.9 Å². The molecule has 1 heterocycles. The van der Waals surface area contributed by atoms with Gasteiger partial charge >= 0.3 is 0 Å². The van der Waals surface area contributed by atoms with Crippen LogP contribution in [0.15, 0.2) is 58.7 Å². The van der Waals surface area contributed by atoms with Gasteiger partial charge in [-0.05, 0) is 12.2 Å². The first-order valence-electron chi connectivity index (χ1n) is 8.59. The molecular formula is C19H22N2O6. The number of ketones is 1. The lowest BCUT2D eigenvalue weighted by Crippen LogP contribution is -2.57. The predicted molar refractivity (Wildman–Crippen MR) is 97.2 cm³/mol. The van der Waals surface area contributed by atoms with Crippen molar-refractivity contribution in [1.29, 1.82) is 0 Å². The van der Waals surface area contributed by atoms with E-state index in [0.29, 0.717) is 5.56 Å². The molecule has 0 saturated carbocycles. The molecule has 1 aromatic carbocycles. The van der Waals surface area contributed by atoms with E-state index in [2.05, 4.69) is 10.3 Å². The highest BCUT2D eigenvalue weighted by Gasteiger charge is 2.48. The Labute approximate surface area is 156 Å². The van der Waals surface area contributed by atoms with Gasteiger partial charge < -0.3 is 30.5 Å². The fourth-order valence-corrected chi connectivity index (χ4v) is 2.95. The minimum Gasteiger partial charge on any atom is -0.394 e. The molecule has 0 bridgehead atoms. The smallest absolute Gasteiger partial charge is 0.252 e. The summed E-state index contributed by atoms with van der Waals surface area (Å²) < 4.78 is 5.57. The third-order valence-corrected chi connectivity index (χ3v) is 4.45. The number of rotatable bonds is 7. The number of benzene rings is 1. The number of hydrogen-bond donors (Lipinski definition) is 5. The van der Waals surface area contributed by atoms with Crippen LogP contribution in [0.25, 0.3) is 0 Å². The number of allylic oxidation sites excluding steroid dienone is 2. The summed E-state index contributed by atoms with van der Waals surface area (Å²) in [6.07, 6.45) is 2.96. The maximum absolute atomic E-state index is 12.9. The van der Waals surface area contributed by atoms with E-state index < -0.39 is 17.9 Å². The van der Waals surface area contributed by atoms with E-state index in [1.807, 2.05) is 0 Å². The Morgan fingerprint density at radius 2 is 1.93 bits per heavy atom. The van der Waals surface area contributed by atoms with Gasteiger partial charge in [-0.1, -0.05) is 30.3 Å². The van der Waals surface area contributed by atoms with Crippen LogP contribution >= 0.6 is 0 Å². The summed E-state index contributed by atoms with van der Waals surface area (Å²) in [6.45, 7) is -1.08. The maximum atomic E-state index is 12.9. The van der Waals surface area contributed by atoms with Crippen molar-refractivity contribution in [3.8, 4) is 0 Å². The van der Waals surface area contributed by atoms with Crippen molar-refractivity contribution in [3.63, 3.8) is 0 Å². The maximum Gasteiger partial charge on any atom is 0.252 e. The highest BCUT2D eigenvalue weighted by Crippen LogP contribution is 2.33. The van der Waals surface area contributed by atoms with E-state index in [0.717, 1.165) is 0 Å². The van der Waals surface area contributed by atoms with E-state index in [9.17, 15) is 25.2 Å². The Balaban J connectivity index is 2.04. The van der Waals surface area contributed by atoms with E-state index >= 15 is 0 Å². The van der Waals surface area contributed by atoms with Crippen molar-refractivity contribution in [1.82, 2.24) is 5.32 Å². The second kappa shape index (κ2) is 8.12. The summed E-state index contributed by atoms with van der Waals surface area (Å²) >= 11 is 0. The highest BCUT2D eigenvalue weighted by atomic mass is 16.6. The zero-order valence-electron chi connectivity index (χ0n) is 14.6. The first kappa shape index (κ1) is 19.4. The van der Waals surface area contributed by atoms with Crippen molar-refractivity contribution < 1.29 is 30.0 Å². The molecule has 0 fully saturated rings. The average Bonchev–Trinajstić information content (AvgIpc) is 2.71. The number of aliphatic hydroxyl groups is 4. The Kier molecular flexibility index (Phi) is 5.83. The summed E-state index contributed by atoms with van der Waals surface area (Å²) in [7, 11) is 0. The molecule has 0 spiro atoms. The molecule has 0 radical (unpaired) electrons. The van der Waals surface area contributed by atoms with E-state index in [1.165, 1.54) is 12.2 Å². The van der Waals surface area contributed by atoms with Crippen LogP contribution in [-0.4, -0.2) is 76.2 Å². The lowest BCUT2D eigenvalue weighted by Gasteiger charge is -2.40. The molecule has 2 aliphatic rings. The van der Waals surface area contributed by atoms with Crippen LogP contribution in [0.2, 0.25) is 0 Å². The molecule has 0 aromatic heterocycles. The number of nitrogens with zero attached hydrogens (tertiary/aromatic N) is 1. The molecule has 1 aromatic rings. The summed E-state index contributed by atoms with van der Waals surface area (Å²) in [5.74, 6) is -2.38. The van der Waals surface area contributed by atoms with Crippen LogP contribution in [0.1, 0.15) is 10.4 Å². The zero-order chi connectivity index (χ0) is 19.4. The number of Topliss-reactive ketones (excluding diaryl/α,β-unsaturated/α-hetero) is 1. The normalized spacial score (nSPS) is 24.6. The molecular weight excluding hydrogens is 352 g/mol. The van der Waals surface area contributed by atoms with Crippen LogP contribution < -0.4 is 5.32 Å². The van der Waals surface area contributed by atoms with Gasteiger partial charge in [-0.2, -0.15) is 0 Å². The number of aliphatic hydroxyl groups excluding tert-OH is 3. The average molecular weight is 374 g/mol. The molecule has 2 unspecified atom stereocenters. The quantitative estimate of drug-likeness (QED) is 0.393. The van der Waals surface area contributed by atoms with Gasteiger partial charge in [0.25, 0.3) is 5.79 Å². The van der Waals surface area contributed by atoms with Crippen molar-refractivity contribution in [2.24, 2.45) is 4.99 Å². The number of nitrogens with one attached hydrogen (secondary N) is 1. The van der Waals surface area contributed by atoms with Gasteiger partial charge in [0.15, 0.2) is 5.78 Å². The van der Waals surface area contributed by atoms with E-state index in [1.54, 1.807) is 30.3 Å². The first-order valence-corrected chi connectivity index (χ1v) is 8.59. The van der Waals surface area contributed by atoms with Crippen molar-refractivity contribution in [2.75, 3.05) is 26.4 Å². The van der Waals surface area contributed by atoms with Gasteiger partial charge in [-0.3, -0.25) is 9.79 Å². The van der Waals surface area contributed by atoms with Gasteiger partial charge in [0.1, 0.15) is 5.71 Å². The lowest BCUT2D eigenvalue weighted by molar-refractivity contribution is -0.140. The Morgan fingerprint density at radius 1 is 1.22 bits per heavy atom. The van der Waals surface area contributed by atoms with Crippen LogP contribution in [-0.2, 0) is 4.74 Å². The molecule has 8 heteroatoms. The second-order valence-electron chi connectivity index (χ2n) is 6.33. The summed E-state index contributed by atoms with van der Waals surface area (Å²) in [5, 5.41) is 42.0. The molecule has 27 heavy (non-hydrogen) atoms. The molecule has 1 aliphatic carbocycles. The van der Waals surface area contributed by atoms with E-state index in [4.69, 9.17) is 4.74 Å². The monoisotopic (exact) mass is 374 g/mol. The number of fused-ring (bicyclic) bond motifs is 1. The highest BCUT2D eigenvalue weighted by molar-refractivity contribution is 6.31. The predicted octanol–water partition coefficient (Wildman–Crippen LogP) is -0.843. The minimum absolute atomic E-state index is 0.0127. The summed E-state index contributed by atoms with van der Waals surface area (Å²) in [4.78, 5) is 17.3. The summed E-state index contributed by atoms with van der Waals surface area (Å²) in [5.41, 5.74) is 0.710. The third kappa shape index (κ3) is 3.71. The molecule has 0 amide bonds. The number of carbonyl (C=O) groups excluding carboxylic acids is 1. The van der Waals surface area contributed by atoms with Crippen LogP contribution in [0, 0.1) is 0 Å². The summed E-state index contributed by atoms with van der Waals surface area (Å²) in [6, 6.07) is 7.22. The molecule has 144 valence electrons. The topological polar surface area (TPSA) is 132 Å². The zero-order valence-corrected chi connectivity index (χ0v) is 14.6. The molecule has 2 atom stereocenters. The van der Waals surface area contributed by atoms with Crippen LogP contribution in [0.3, 0.4) is 0 Å². The van der Waals surface area contributed by atoms with Gasteiger partial charge in [-0.25, -0.2) is 0 Å². The van der Waals surface area contributed by atoms with Gasteiger partial charge in [-0.15, -0.1) is 0 Å². The first-order chi connectivity index (χ1) is 13.0. The largest absolute Gasteiger partial charge is 0.394 e. The number of ether oxygens (including phenoxy) is 1. The molecule has 5 N–H and O–H groups in total. The number of hydrogen-bond acceptors (Lipinski definition) is 8. The van der Waals surface area contributed by atoms with E-state index in [-0.39, 0.29) is 49.2 Å². The van der Waals surface area contributed by atoms with Gasteiger partial charge in [0, 0.05) is 11.1 Å². The SMILES string of the molecule is O=C(C1=CC=C(NC(CO)CO)C2(O)OCC(CO)N=C12)c1ccccc1. The number of carbonyl (C=O) groups is 1. The lowest BCUT2D eigenvalue weighted by atomic mass is 9.87. The van der Waals surface area contributed by atoms with Crippen molar-refractivity contribution in [3.05, 3.63) is 59.3 Å². The Morgan fingerprint density at radius 3 is 2.56 bits per heavy atom. The molecule has 1 aliphatic heterocycles. The Hall–Kier alpha value is -2.36. The second-order valence-corrected chi connectivity index (χ2v) is 6.33. The molecule has 0 saturated heterocycles. The third-order valence-electron chi connectivity index (χ3n) is 4.45. The molecule has 8 nitrogen and oxygen atoms in total. The van der Waals surface area contributed by atoms with Crippen LogP contribution in [0.4, 0.5) is 0 Å². The van der Waals surface area contributed by atoms with Crippen LogP contribution in [0.5, 0.6) is 0 Å². The van der Waals surface area contributed by atoms with Gasteiger partial charge in [0.05, 0.1) is 44.2 Å². The fraction of sp³-hybridized carbons (Fsp3) is 0.368. The molecule has 3 rings (SSSR count). The number of aliphatic imine (C=N–C) groups is 1. The standard InChI is InChI=1S/C19H22N2O6/c22-8-13(9-23)20-16-7-6-15(17(25)12-4-2-1-3-5-12)18-19(16,26)27-11-14(10-24)21-18/h1-7,13-14,20,22-24,26H,8-11H2. The van der Waals surface area contributed by atoms with Crippen molar-refractivity contribution >= 4 is 11.5 Å². The minimum atomic E-state index is -2.04. The fourth-order valence-electron chi connectivity index (χ4n) is 2.95. The Bertz CT molecular complexity index is 785. The van der Waals surface area contributed by atoms with Gasteiger partial charge in [0.2, 0.25) is 0 Å².